The predicted molar refractivity (Wildman–Crippen MR) is 83.2 cm³/mol. The highest BCUT2D eigenvalue weighted by Gasteiger charge is 2.32. The molecule has 2 atom stereocenters. The van der Waals surface area contributed by atoms with Crippen molar-refractivity contribution in [1.29, 1.82) is 0 Å². The van der Waals surface area contributed by atoms with Gasteiger partial charge in [0.25, 0.3) is 0 Å². The van der Waals surface area contributed by atoms with Crippen LogP contribution in [0, 0.1) is 5.92 Å². The average molecular weight is 312 g/mol. The van der Waals surface area contributed by atoms with Crippen LogP contribution in [0.3, 0.4) is 0 Å². The maximum atomic E-state index is 12.4. The van der Waals surface area contributed by atoms with Crippen molar-refractivity contribution in [3.05, 3.63) is 0 Å². The first kappa shape index (κ1) is 17.2. The molecule has 3 N–H and O–H groups in total. The fourth-order valence-electron chi connectivity index (χ4n) is 3.18. The minimum atomic E-state index is 0.0126. The molecule has 22 heavy (non-hydrogen) atoms. The molecule has 1 saturated carbocycles. The second kappa shape index (κ2) is 8.45. The van der Waals surface area contributed by atoms with Crippen LogP contribution in [-0.4, -0.2) is 80.6 Å². The number of nitrogens with two attached hydrogens (primary N) is 1. The van der Waals surface area contributed by atoms with Gasteiger partial charge in [0.05, 0.1) is 13.2 Å². The lowest BCUT2D eigenvalue weighted by Gasteiger charge is -2.35. The van der Waals surface area contributed by atoms with Crippen LogP contribution in [0.2, 0.25) is 0 Å². The summed E-state index contributed by atoms with van der Waals surface area (Å²) in [6.07, 6.45) is 2.70. The maximum Gasteiger partial charge on any atom is 0.234 e. The van der Waals surface area contributed by atoms with E-state index in [0.29, 0.717) is 32.8 Å². The Bertz CT molecular complexity index is 383. The van der Waals surface area contributed by atoms with E-state index in [1.807, 2.05) is 4.90 Å². The molecule has 1 aliphatic carbocycles. The van der Waals surface area contributed by atoms with E-state index in [9.17, 15) is 9.59 Å². The lowest BCUT2D eigenvalue weighted by Crippen LogP contribution is -2.52. The van der Waals surface area contributed by atoms with Gasteiger partial charge in [-0.2, -0.15) is 0 Å². The Morgan fingerprint density at radius 2 is 1.95 bits per heavy atom. The largest absolute Gasteiger partial charge is 0.383 e. The number of ether oxygens (including phenoxy) is 1. The lowest BCUT2D eigenvalue weighted by atomic mass is 10.1. The third kappa shape index (κ3) is 4.93. The molecule has 2 fully saturated rings. The first-order valence-electron chi connectivity index (χ1n) is 8.12. The highest BCUT2D eigenvalue weighted by atomic mass is 16.5. The number of hydrogen-bond acceptors (Lipinski definition) is 5. The van der Waals surface area contributed by atoms with E-state index in [1.54, 1.807) is 7.11 Å². The molecule has 2 unspecified atom stereocenters. The highest BCUT2D eigenvalue weighted by molar-refractivity contribution is 5.80. The quantitative estimate of drug-likeness (QED) is 0.616. The normalized spacial score (nSPS) is 26.2. The molecule has 7 nitrogen and oxygen atoms in total. The van der Waals surface area contributed by atoms with E-state index in [-0.39, 0.29) is 23.8 Å². The van der Waals surface area contributed by atoms with Crippen LogP contribution in [0.25, 0.3) is 0 Å². The fraction of sp³-hybridized carbons (Fsp3) is 0.867. The van der Waals surface area contributed by atoms with Crippen molar-refractivity contribution >= 4 is 11.8 Å². The highest BCUT2D eigenvalue weighted by Crippen LogP contribution is 2.26. The first-order chi connectivity index (χ1) is 10.6. The minimum absolute atomic E-state index is 0.0126. The van der Waals surface area contributed by atoms with E-state index in [2.05, 4.69) is 10.2 Å². The molecular weight excluding hydrogens is 284 g/mol. The SMILES string of the molecule is COCCNC(=O)CN1CCN(C(=O)C2CCC(N)C2)CC1. The van der Waals surface area contributed by atoms with Gasteiger partial charge in [-0.3, -0.25) is 14.5 Å². The molecule has 1 heterocycles. The average Bonchev–Trinajstić information content (AvgIpc) is 2.94. The number of hydrogen-bond donors (Lipinski definition) is 2. The molecule has 0 spiro atoms. The third-order valence-electron chi connectivity index (χ3n) is 4.50. The van der Waals surface area contributed by atoms with Crippen LogP contribution in [0.4, 0.5) is 0 Å². The van der Waals surface area contributed by atoms with Crippen LogP contribution in [0.5, 0.6) is 0 Å². The summed E-state index contributed by atoms with van der Waals surface area (Å²) in [6, 6.07) is 0.186. The van der Waals surface area contributed by atoms with Gasteiger partial charge in [0.15, 0.2) is 0 Å². The van der Waals surface area contributed by atoms with Crippen molar-refractivity contribution in [3.8, 4) is 0 Å². The molecule has 0 radical (unpaired) electrons. The minimum Gasteiger partial charge on any atom is -0.383 e. The van der Waals surface area contributed by atoms with Gasteiger partial charge in [0.1, 0.15) is 0 Å². The third-order valence-corrected chi connectivity index (χ3v) is 4.50. The Balaban J connectivity index is 1.67. The van der Waals surface area contributed by atoms with Crippen molar-refractivity contribution < 1.29 is 14.3 Å². The van der Waals surface area contributed by atoms with Crippen LogP contribution < -0.4 is 11.1 Å². The van der Waals surface area contributed by atoms with E-state index >= 15 is 0 Å². The Morgan fingerprint density at radius 3 is 2.55 bits per heavy atom. The number of nitrogens with zero attached hydrogens (tertiary/aromatic N) is 2. The molecule has 0 aromatic heterocycles. The summed E-state index contributed by atoms with van der Waals surface area (Å²) in [5.41, 5.74) is 5.89. The van der Waals surface area contributed by atoms with Gasteiger partial charge >= 0.3 is 0 Å². The molecule has 0 bridgehead atoms. The smallest absolute Gasteiger partial charge is 0.234 e. The number of rotatable bonds is 6. The van der Waals surface area contributed by atoms with E-state index in [1.165, 1.54) is 0 Å². The molecule has 126 valence electrons. The van der Waals surface area contributed by atoms with E-state index < -0.39 is 0 Å². The number of amides is 2. The van der Waals surface area contributed by atoms with Gasteiger partial charge in [0, 0.05) is 51.8 Å². The molecule has 0 aromatic carbocycles. The van der Waals surface area contributed by atoms with Crippen molar-refractivity contribution in [2.45, 2.75) is 25.3 Å². The summed E-state index contributed by atoms with van der Waals surface area (Å²) in [7, 11) is 1.61. The molecule has 2 amide bonds. The summed E-state index contributed by atoms with van der Waals surface area (Å²) in [5.74, 6) is 0.370. The number of nitrogens with one attached hydrogen (secondary N) is 1. The van der Waals surface area contributed by atoms with Crippen LogP contribution in [0.15, 0.2) is 0 Å². The zero-order valence-corrected chi connectivity index (χ0v) is 13.4. The zero-order chi connectivity index (χ0) is 15.9. The number of carbonyl (C=O) groups excluding carboxylic acids is 2. The molecule has 1 saturated heterocycles. The van der Waals surface area contributed by atoms with Crippen molar-refractivity contribution in [1.82, 2.24) is 15.1 Å². The molecular formula is C15H28N4O3. The summed E-state index contributed by atoms with van der Waals surface area (Å²) in [4.78, 5) is 28.2. The van der Waals surface area contributed by atoms with Crippen LogP contribution >= 0.6 is 0 Å². The number of carbonyl (C=O) groups is 2. The second-order valence-corrected chi connectivity index (χ2v) is 6.21. The predicted octanol–water partition coefficient (Wildman–Crippen LogP) is -0.979. The molecule has 1 aliphatic heterocycles. The Hall–Kier alpha value is -1.18. The first-order valence-corrected chi connectivity index (χ1v) is 8.12. The van der Waals surface area contributed by atoms with Gasteiger partial charge in [0.2, 0.25) is 11.8 Å². The Kier molecular flexibility index (Phi) is 6.60. The Labute approximate surface area is 132 Å². The van der Waals surface area contributed by atoms with Crippen molar-refractivity contribution in [3.63, 3.8) is 0 Å². The molecule has 7 heteroatoms. The number of piperazine rings is 1. The summed E-state index contributed by atoms with van der Waals surface area (Å²) in [6.45, 7) is 4.36. The topological polar surface area (TPSA) is 87.9 Å². The summed E-state index contributed by atoms with van der Waals surface area (Å²) < 4.78 is 4.90. The lowest BCUT2D eigenvalue weighted by molar-refractivity contribution is -0.137. The molecule has 2 aliphatic rings. The van der Waals surface area contributed by atoms with E-state index in [4.69, 9.17) is 10.5 Å². The summed E-state index contributed by atoms with van der Waals surface area (Å²) in [5, 5.41) is 2.81. The van der Waals surface area contributed by atoms with Gasteiger partial charge in [-0.05, 0) is 19.3 Å². The number of methoxy groups -OCH3 is 1. The zero-order valence-electron chi connectivity index (χ0n) is 13.4. The van der Waals surface area contributed by atoms with Gasteiger partial charge in [-0.25, -0.2) is 0 Å². The Morgan fingerprint density at radius 1 is 1.23 bits per heavy atom. The maximum absolute atomic E-state index is 12.4. The second-order valence-electron chi connectivity index (χ2n) is 6.21. The fourth-order valence-corrected chi connectivity index (χ4v) is 3.18. The van der Waals surface area contributed by atoms with E-state index in [0.717, 1.165) is 32.4 Å². The van der Waals surface area contributed by atoms with Gasteiger partial charge < -0.3 is 20.7 Å². The van der Waals surface area contributed by atoms with Crippen molar-refractivity contribution in [2.24, 2.45) is 11.7 Å². The van der Waals surface area contributed by atoms with Crippen LogP contribution in [-0.2, 0) is 14.3 Å². The molecule has 2 rings (SSSR count). The monoisotopic (exact) mass is 312 g/mol. The standard InChI is InChI=1S/C15H28N4O3/c1-22-9-4-17-14(20)11-18-5-7-19(8-6-18)15(21)12-2-3-13(16)10-12/h12-13H,2-11,16H2,1H3,(H,17,20). The van der Waals surface area contributed by atoms with Crippen molar-refractivity contribution in [2.75, 3.05) is 53.0 Å². The van der Waals surface area contributed by atoms with Gasteiger partial charge in [-0.15, -0.1) is 0 Å². The summed E-state index contributed by atoms with van der Waals surface area (Å²) >= 11 is 0. The van der Waals surface area contributed by atoms with Crippen LogP contribution in [0.1, 0.15) is 19.3 Å². The van der Waals surface area contributed by atoms with Gasteiger partial charge in [-0.1, -0.05) is 0 Å². The molecule has 0 aromatic rings.